The van der Waals surface area contributed by atoms with Crippen molar-refractivity contribution in [3.8, 4) is 17.1 Å². The SMILES string of the molecule is COc1ccc(-c2noc(CCC(=O)Nc3cccc(NC(C)=O)c3C)n2)cc1. The molecule has 0 saturated heterocycles. The number of methoxy groups -OCH3 is 1. The largest absolute Gasteiger partial charge is 0.497 e. The van der Waals surface area contributed by atoms with Gasteiger partial charge >= 0.3 is 0 Å². The van der Waals surface area contributed by atoms with Crippen LogP contribution in [0.1, 0.15) is 24.8 Å². The summed E-state index contributed by atoms with van der Waals surface area (Å²) in [5, 5.41) is 9.55. The molecule has 0 aliphatic rings. The average molecular weight is 394 g/mol. The van der Waals surface area contributed by atoms with Gasteiger partial charge < -0.3 is 19.9 Å². The van der Waals surface area contributed by atoms with Crippen LogP contribution in [0.25, 0.3) is 11.4 Å². The minimum Gasteiger partial charge on any atom is -0.497 e. The van der Waals surface area contributed by atoms with Gasteiger partial charge in [-0.2, -0.15) is 4.98 Å². The zero-order valence-corrected chi connectivity index (χ0v) is 16.5. The Kier molecular flexibility index (Phi) is 6.23. The van der Waals surface area contributed by atoms with Gasteiger partial charge in [0.2, 0.25) is 23.5 Å². The van der Waals surface area contributed by atoms with Gasteiger partial charge in [-0.1, -0.05) is 11.2 Å². The van der Waals surface area contributed by atoms with Crippen molar-refractivity contribution in [2.24, 2.45) is 0 Å². The first-order valence-electron chi connectivity index (χ1n) is 9.10. The molecule has 3 aromatic rings. The maximum absolute atomic E-state index is 12.3. The van der Waals surface area contributed by atoms with Crippen LogP contribution in [0.5, 0.6) is 5.75 Å². The molecule has 150 valence electrons. The van der Waals surface area contributed by atoms with E-state index in [-0.39, 0.29) is 18.2 Å². The number of nitrogens with one attached hydrogen (secondary N) is 2. The molecule has 8 nitrogen and oxygen atoms in total. The third kappa shape index (κ3) is 5.19. The van der Waals surface area contributed by atoms with Crippen molar-refractivity contribution in [2.45, 2.75) is 26.7 Å². The minimum absolute atomic E-state index is 0.166. The van der Waals surface area contributed by atoms with Gasteiger partial charge in [-0.3, -0.25) is 9.59 Å². The maximum Gasteiger partial charge on any atom is 0.227 e. The highest BCUT2D eigenvalue weighted by Crippen LogP contribution is 2.24. The fourth-order valence-corrected chi connectivity index (χ4v) is 2.74. The molecule has 0 aliphatic carbocycles. The molecule has 0 spiro atoms. The van der Waals surface area contributed by atoms with E-state index in [2.05, 4.69) is 20.8 Å². The molecule has 0 radical (unpaired) electrons. The molecule has 2 N–H and O–H groups in total. The van der Waals surface area contributed by atoms with Gasteiger partial charge in [-0.15, -0.1) is 0 Å². The predicted octanol–water partition coefficient (Wildman–Crippen LogP) is 3.58. The summed E-state index contributed by atoms with van der Waals surface area (Å²) in [5.41, 5.74) is 2.90. The Morgan fingerprint density at radius 3 is 2.41 bits per heavy atom. The predicted molar refractivity (Wildman–Crippen MR) is 109 cm³/mol. The van der Waals surface area contributed by atoms with E-state index < -0.39 is 0 Å². The van der Waals surface area contributed by atoms with Gasteiger partial charge in [0.1, 0.15) is 5.75 Å². The normalized spacial score (nSPS) is 10.4. The first-order chi connectivity index (χ1) is 14.0. The molecule has 0 saturated carbocycles. The lowest BCUT2D eigenvalue weighted by molar-refractivity contribution is -0.116. The average Bonchev–Trinajstić information content (AvgIpc) is 3.18. The Bertz CT molecular complexity index is 1010. The number of carbonyl (C=O) groups excluding carboxylic acids is 2. The summed E-state index contributed by atoms with van der Waals surface area (Å²) in [5.74, 6) is 1.24. The van der Waals surface area contributed by atoms with Crippen LogP contribution in [-0.2, 0) is 16.0 Å². The molecule has 0 unspecified atom stereocenters. The van der Waals surface area contributed by atoms with Gasteiger partial charge in [-0.05, 0) is 48.9 Å². The van der Waals surface area contributed by atoms with Gasteiger partial charge in [0.05, 0.1) is 7.11 Å². The van der Waals surface area contributed by atoms with Crippen molar-refractivity contribution in [2.75, 3.05) is 17.7 Å². The lowest BCUT2D eigenvalue weighted by atomic mass is 10.1. The van der Waals surface area contributed by atoms with Crippen LogP contribution in [0.3, 0.4) is 0 Å². The zero-order chi connectivity index (χ0) is 20.8. The summed E-state index contributed by atoms with van der Waals surface area (Å²) in [7, 11) is 1.60. The highest BCUT2D eigenvalue weighted by Gasteiger charge is 2.12. The fourth-order valence-electron chi connectivity index (χ4n) is 2.74. The van der Waals surface area contributed by atoms with E-state index in [1.165, 1.54) is 6.92 Å². The number of hydrogen-bond acceptors (Lipinski definition) is 6. The number of benzene rings is 2. The van der Waals surface area contributed by atoms with Crippen molar-refractivity contribution in [1.29, 1.82) is 0 Å². The quantitative estimate of drug-likeness (QED) is 0.634. The third-order valence-electron chi connectivity index (χ3n) is 4.30. The summed E-state index contributed by atoms with van der Waals surface area (Å²) >= 11 is 0. The first-order valence-corrected chi connectivity index (χ1v) is 9.10. The fraction of sp³-hybridized carbons (Fsp3) is 0.238. The number of aryl methyl sites for hydroxylation is 1. The number of anilines is 2. The summed E-state index contributed by atoms with van der Waals surface area (Å²) < 4.78 is 10.4. The maximum atomic E-state index is 12.3. The molecule has 29 heavy (non-hydrogen) atoms. The van der Waals surface area contributed by atoms with E-state index in [1.54, 1.807) is 25.3 Å². The van der Waals surface area contributed by atoms with E-state index in [4.69, 9.17) is 9.26 Å². The van der Waals surface area contributed by atoms with Crippen LogP contribution < -0.4 is 15.4 Å². The standard InChI is InChI=1S/C21H22N4O4/c1-13-17(22-14(2)26)5-4-6-18(13)23-19(27)11-12-20-24-21(25-29-20)15-7-9-16(28-3)10-8-15/h4-10H,11-12H2,1-3H3,(H,22,26)(H,23,27). The third-order valence-corrected chi connectivity index (χ3v) is 4.30. The van der Waals surface area contributed by atoms with Crippen LogP contribution in [0.2, 0.25) is 0 Å². The van der Waals surface area contributed by atoms with Crippen LogP contribution in [0.15, 0.2) is 47.0 Å². The van der Waals surface area contributed by atoms with Crippen molar-refractivity contribution >= 4 is 23.2 Å². The smallest absolute Gasteiger partial charge is 0.227 e. The zero-order valence-electron chi connectivity index (χ0n) is 16.5. The lowest BCUT2D eigenvalue weighted by Crippen LogP contribution is -2.14. The molecule has 8 heteroatoms. The number of ether oxygens (including phenoxy) is 1. The molecule has 2 aromatic carbocycles. The van der Waals surface area contributed by atoms with Crippen LogP contribution in [0.4, 0.5) is 11.4 Å². The van der Waals surface area contributed by atoms with E-state index in [0.29, 0.717) is 29.5 Å². The van der Waals surface area contributed by atoms with E-state index in [0.717, 1.165) is 16.9 Å². The molecular formula is C21H22N4O4. The second-order valence-corrected chi connectivity index (χ2v) is 6.45. The molecule has 0 atom stereocenters. The monoisotopic (exact) mass is 394 g/mol. The molecule has 1 heterocycles. The topological polar surface area (TPSA) is 106 Å². The van der Waals surface area contributed by atoms with Crippen molar-refractivity contribution in [1.82, 2.24) is 10.1 Å². The second kappa shape index (κ2) is 9.01. The number of hydrogen-bond donors (Lipinski definition) is 2. The highest BCUT2D eigenvalue weighted by molar-refractivity contribution is 5.95. The molecule has 2 amide bonds. The molecular weight excluding hydrogens is 372 g/mol. The number of aromatic nitrogens is 2. The summed E-state index contributed by atoms with van der Waals surface area (Å²) in [6, 6.07) is 12.6. The van der Waals surface area contributed by atoms with Crippen LogP contribution in [-0.4, -0.2) is 29.1 Å². The number of amides is 2. The Labute approximate surface area is 168 Å². The number of nitrogens with zero attached hydrogens (tertiary/aromatic N) is 2. The highest BCUT2D eigenvalue weighted by atomic mass is 16.5. The van der Waals surface area contributed by atoms with E-state index in [9.17, 15) is 9.59 Å². The molecule has 0 fully saturated rings. The Morgan fingerprint density at radius 1 is 1.07 bits per heavy atom. The number of rotatable bonds is 7. The Morgan fingerprint density at radius 2 is 1.76 bits per heavy atom. The van der Waals surface area contributed by atoms with Crippen LogP contribution in [0, 0.1) is 6.92 Å². The van der Waals surface area contributed by atoms with E-state index >= 15 is 0 Å². The number of carbonyl (C=O) groups is 2. The Balaban J connectivity index is 1.59. The summed E-state index contributed by atoms with van der Waals surface area (Å²) in [6.45, 7) is 3.27. The lowest BCUT2D eigenvalue weighted by Gasteiger charge is -2.12. The Hall–Kier alpha value is -3.68. The van der Waals surface area contributed by atoms with Crippen molar-refractivity contribution in [3.63, 3.8) is 0 Å². The van der Waals surface area contributed by atoms with Gasteiger partial charge in [0, 0.05) is 36.7 Å². The molecule has 0 aliphatic heterocycles. The van der Waals surface area contributed by atoms with Crippen molar-refractivity contribution < 1.29 is 18.8 Å². The summed E-state index contributed by atoms with van der Waals surface area (Å²) in [4.78, 5) is 27.9. The molecule has 1 aromatic heterocycles. The van der Waals surface area contributed by atoms with Gasteiger partial charge in [0.15, 0.2) is 0 Å². The second-order valence-electron chi connectivity index (χ2n) is 6.45. The summed E-state index contributed by atoms with van der Waals surface area (Å²) in [6.07, 6.45) is 0.507. The van der Waals surface area contributed by atoms with Crippen LogP contribution >= 0.6 is 0 Å². The minimum atomic E-state index is -0.183. The van der Waals surface area contributed by atoms with Gasteiger partial charge in [-0.25, -0.2) is 0 Å². The molecule has 3 rings (SSSR count). The van der Waals surface area contributed by atoms with E-state index in [1.807, 2.05) is 31.2 Å². The van der Waals surface area contributed by atoms with Gasteiger partial charge in [0.25, 0.3) is 0 Å². The molecule has 0 bridgehead atoms. The van der Waals surface area contributed by atoms with Crippen molar-refractivity contribution in [3.05, 3.63) is 53.9 Å². The first kappa shape index (κ1) is 20.1.